The molecule has 2 aromatic carbocycles. The molecule has 0 heterocycles. The van der Waals surface area contributed by atoms with Crippen LogP contribution in [-0.4, -0.2) is 28.3 Å². The summed E-state index contributed by atoms with van der Waals surface area (Å²) < 4.78 is 42.0. The van der Waals surface area contributed by atoms with Crippen molar-refractivity contribution < 1.29 is 28.2 Å². The van der Waals surface area contributed by atoms with E-state index < -0.39 is 35.1 Å². The first-order chi connectivity index (χ1) is 13.5. The average molecular weight is 466 g/mol. The zero-order valence-electron chi connectivity index (χ0n) is 16.5. The molecule has 2 rings (SSSR count). The van der Waals surface area contributed by atoms with Gasteiger partial charge in [0, 0.05) is 29.1 Å². The number of carbonyl (C=O) groups is 1. The van der Waals surface area contributed by atoms with Crippen LogP contribution in [0.15, 0.2) is 30.3 Å². The minimum absolute atomic E-state index is 0. The molecule has 0 amide bonds. The fourth-order valence-corrected chi connectivity index (χ4v) is 3.15. The molecule has 0 aliphatic rings. The van der Waals surface area contributed by atoms with E-state index in [9.17, 15) is 23.1 Å². The lowest BCUT2D eigenvalue weighted by molar-refractivity contribution is -0.136. The molecule has 2 aromatic rings. The summed E-state index contributed by atoms with van der Waals surface area (Å²) in [5.74, 6) is -3.84. The Kier molecular flexibility index (Phi) is 9.62. The molecule has 0 aliphatic carbocycles. The Hall–Kier alpha value is -1.80. The standard InChI is InChI=1S/C21H23ClF3NO3.ClH/c1-21(2,10-13-4-5-14(22)9-16(13)23)26-11-18(27)15-7-12(3-6-19(28)29)8-17(24)20(15)25;/h4-5,7-9,18,26-27H,3,6,10-11H2,1-2H3,(H,28,29);1H/t18-;/m1./s1. The fourth-order valence-electron chi connectivity index (χ4n) is 2.99. The number of rotatable bonds is 9. The van der Waals surface area contributed by atoms with Gasteiger partial charge in [-0.25, -0.2) is 13.2 Å². The molecule has 0 saturated heterocycles. The number of benzene rings is 2. The maximum absolute atomic E-state index is 14.1. The fraction of sp³-hybridized carbons (Fsp3) is 0.381. The van der Waals surface area contributed by atoms with E-state index in [0.29, 0.717) is 5.56 Å². The number of hydrogen-bond donors (Lipinski definition) is 3. The molecular weight excluding hydrogens is 442 g/mol. The average Bonchev–Trinajstić information content (AvgIpc) is 2.63. The van der Waals surface area contributed by atoms with Crippen molar-refractivity contribution in [3.05, 3.63) is 69.5 Å². The van der Waals surface area contributed by atoms with Gasteiger partial charge in [-0.1, -0.05) is 17.7 Å². The monoisotopic (exact) mass is 465 g/mol. The first-order valence-electron chi connectivity index (χ1n) is 9.05. The van der Waals surface area contributed by atoms with Crippen molar-refractivity contribution in [1.82, 2.24) is 5.32 Å². The van der Waals surface area contributed by atoms with Gasteiger partial charge in [-0.2, -0.15) is 0 Å². The molecule has 0 saturated carbocycles. The van der Waals surface area contributed by atoms with Gasteiger partial charge < -0.3 is 15.5 Å². The third-order valence-electron chi connectivity index (χ3n) is 4.52. The van der Waals surface area contributed by atoms with E-state index in [1.165, 1.54) is 12.1 Å². The van der Waals surface area contributed by atoms with Crippen molar-refractivity contribution in [2.24, 2.45) is 0 Å². The number of β-amino-alcohol motifs (C(OH)–C–C–N with tert-alkyl or cyclic N) is 1. The number of aryl methyl sites for hydroxylation is 1. The molecule has 0 radical (unpaired) electrons. The summed E-state index contributed by atoms with van der Waals surface area (Å²) in [4.78, 5) is 10.7. The molecule has 1 atom stereocenters. The van der Waals surface area contributed by atoms with Gasteiger partial charge >= 0.3 is 5.97 Å². The van der Waals surface area contributed by atoms with Gasteiger partial charge in [0.05, 0.1) is 6.10 Å². The van der Waals surface area contributed by atoms with Crippen LogP contribution in [0.2, 0.25) is 5.02 Å². The molecule has 9 heteroatoms. The van der Waals surface area contributed by atoms with E-state index in [1.807, 2.05) is 0 Å². The number of aliphatic carboxylic acids is 1. The zero-order chi connectivity index (χ0) is 21.8. The van der Waals surface area contributed by atoms with Crippen molar-refractivity contribution in [2.75, 3.05) is 6.54 Å². The Balaban J connectivity index is 0.00000450. The summed E-state index contributed by atoms with van der Waals surface area (Å²) in [5.41, 5.74) is -0.213. The topological polar surface area (TPSA) is 69.6 Å². The molecule has 166 valence electrons. The van der Waals surface area contributed by atoms with Crippen LogP contribution in [-0.2, 0) is 17.6 Å². The van der Waals surface area contributed by atoms with Crippen LogP contribution in [0.3, 0.4) is 0 Å². The van der Waals surface area contributed by atoms with E-state index in [4.69, 9.17) is 16.7 Å². The third-order valence-corrected chi connectivity index (χ3v) is 4.76. The molecule has 0 fully saturated rings. The van der Waals surface area contributed by atoms with Crippen LogP contribution < -0.4 is 5.32 Å². The second kappa shape index (κ2) is 11.0. The SMILES string of the molecule is CC(C)(Cc1ccc(Cl)cc1F)NC[C@@H](O)c1cc(CCC(=O)O)cc(F)c1F.Cl. The predicted octanol–water partition coefficient (Wildman–Crippen LogP) is 4.84. The van der Waals surface area contributed by atoms with Crippen LogP contribution in [0.4, 0.5) is 13.2 Å². The molecule has 4 nitrogen and oxygen atoms in total. The number of carboxylic acids is 1. The van der Waals surface area contributed by atoms with Crippen LogP contribution in [0, 0.1) is 17.5 Å². The van der Waals surface area contributed by atoms with Crippen molar-refractivity contribution in [1.29, 1.82) is 0 Å². The molecule has 30 heavy (non-hydrogen) atoms. The summed E-state index contributed by atoms with van der Waals surface area (Å²) in [5, 5.41) is 22.4. The van der Waals surface area contributed by atoms with Gasteiger partial charge in [-0.05, 0) is 62.1 Å². The number of hydrogen-bond acceptors (Lipinski definition) is 3. The Morgan fingerprint density at radius 1 is 1.17 bits per heavy atom. The largest absolute Gasteiger partial charge is 0.481 e. The van der Waals surface area contributed by atoms with Crippen LogP contribution in [0.5, 0.6) is 0 Å². The minimum Gasteiger partial charge on any atom is -0.481 e. The van der Waals surface area contributed by atoms with Gasteiger partial charge in [0.25, 0.3) is 0 Å². The summed E-state index contributed by atoms with van der Waals surface area (Å²) in [6.45, 7) is 3.46. The number of carboxylic acid groups (broad SMARTS) is 1. The summed E-state index contributed by atoms with van der Waals surface area (Å²) in [6.07, 6.45) is -1.32. The molecule has 0 bridgehead atoms. The zero-order valence-corrected chi connectivity index (χ0v) is 18.1. The lowest BCUT2D eigenvalue weighted by atomic mass is 9.93. The summed E-state index contributed by atoms with van der Waals surface area (Å²) in [6, 6.07) is 6.54. The lowest BCUT2D eigenvalue weighted by Gasteiger charge is -2.28. The summed E-state index contributed by atoms with van der Waals surface area (Å²) in [7, 11) is 0. The summed E-state index contributed by atoms with van der Waals surface area (Å²) >= 11 is 5.75. The van der Waals surface area contributed by atoms with Crippen molar-refractivity contribution in [3.8, 4) is 0 Å². The van der Waals surface area contributed by atoms with Crippen LogP contribution in [0.1, 0.15) is 43.1 Å². The lowest BCUT2D eigenvalue weighted by Crippen LogP contribution is -2.43. The Morgan fingerprint density at radius 3 is 2.43 bits per heavy atom. The molecule has 0 aliphatic heterocycles. The molecule has 0 unspecified atom stereocenters. The van der Waals surface area contributed by atoms with Gasteiger partial charge in [0.1, 0.15) is 5.82 Å². The number of aliphatic hydroxyl groups is 1. The van der Waals surface area contributed by atoms with Crippen LogP contribution in [0.25, 0.3) is 0 Å². The Labute approximate surface area is 184 Å². The van der Waals surface area contributed by atoms with E-state index in [2.05, 4.69) is 5.32 Å². The predicted molar refractivity (Wildman–Crippen MR) is 112 cm³/mol. The molecule has 0 aromatic heterocycles. The Bertz CT molecular complexity index is 894. The normalized spacial score (nSPS) is 12.4. The van der Waals surface area contributed by atoms with Gasteiger partial charge in [0.2, 0.25) is 0 Å². The number of aliphatic hydroxyl groups excluding tert-OH is 1. The second-order valence-electron chi connectivity index (χ2n) is 7.57. The number of halogens is 5. The maximum Gasteiger partial charge on any atom is 0.303 e. The van der Waals surface area contributed by atoms with Gasteiger partial charge in [-0.15, -0.1) is 12.4 Å². The number of nitrogens with one attached hydrogen (secondary N) is 1. The van der Waals surface area contributed by atoms with Crippen molar-refractivity contribution in [2.45, 2.75) is 44.8 Å². The van der Waals surface area contributed by atoms with Gasteiger partial charge in [-0.3, -0.25) is 4.79 Å². The highest BCUT2D eigenvalue weighted by atomic mass is 35.5. The maximum atomic E-state index is 14.1. The van der Waals surface area contributed by atoms with E-state index >= 15 is 0 Å². The smallest absolute Gasteiger partial charge is 0.303 e. The van der Waals surface area contributed by atoms with Crippen molar-refractivity contribution in [3.63, 3.8) is 0 Å². The third kappa shape index (κ3) is 7.47. The first-order valence-corrected chi connectivity index (χ1v) is 9.43. The van der Waals surface area contributed by atoms with Crippen molar-refractivity contribution >= 4 is 30.0 Å². The highest BCUT2D eigenvalue weighted by molar-refractivity contribution is 6.30. The molecular formula is C21H24Cl2F3NO3. The van der Waals surface area contributed by atoms with Crippen LogP contribution >= 0.6 is 24.0 Å². The van der Waals surface area contributed by atoms with E-state index in [0.717, 1.165) is 6.07 Å². The second-order valence-corrected chi connectivity index (χ2v) is 8.00. The van der Waals surface area contributed by atoms with E-state index in [-0.39, 0.29) is 54.4 Å². The highest BCUT2D eigenvalue weighted by Gasteiger charge is 2.24. The van der Waals surface area contributed by atoms with Gasteiger partial charge in [0.15, 0.2) is 11.6 Å². The van der Waals surface area contributed by atoms with E-state index in [1.54, 1.807) is 26.0 Å². The minimum atomic E-state index is -1.37. The quantitative estimate of drug-likeness (QED) is 0.495. The molecule has 0 spiro atoms. The Morgan fingerprint density at radius 2 is 1.83 bits per heavy atom. The first kappa shape index (κ1) is 26.2. The molecule has 3 N–H and O–H groups in total. The highest BCUT2D eigenvalue weighted by Crippen LogP contribution is 2.24.